The van der Waals surface area contributed by atoms with Crippen molar-refractivity contribution in [3.63, 3.8) is 0 Å². The van der Waals surface area contributed by atoms with Gasteiger partial charge in [-0.2, -0.15) is 0 Å². The molecule has 1 aliphatic heterocycles. The van der Waals surface area contributed by atoms with Gasteiger partial charge in [0.05, 0.1) is 0 Å². The lowest BCUT2D eigenvalue weighted by Crippen LogP contribution is -2.39. The summed E-state index contributed by atoms with van der Waals surface area (Å²) >= 11 is 0. The third-order valence-corrected chi connectivity index (χ3v) is 4.21. The van der Waals surface area contributed by atoms with Gasteiger partial charge in [0.2, 0.25) is 5.95 Å². The number of rotatable bonds is 3. The second-order valence-electron chi connectivity index (χ2n) is 5.88. The molecule has 2 N–H and O–H groups in total. The van der Waals surface area contributed by atoms with Gasteiger partial charge in [-0.25, -0.2) is 9.97 Å². The lowest BCUT2D eigenvalue weighted by atomic mass is 10.1. The van der Waals surface area contributed by atoms with E-state index < -0.39 is 0 Å². The number of hydrogen-bond donors (Lipinski definition) is 1. The Bertz CT molecular complexity index is 598. The summed E-state index contributed by atoms with van der Waals surface area (Å²) in [4.78, 5) is 11.5. The van der Waals surface area contributed by atoms with Crippen LogP contribution in [0, 0.1) is 6.92 Å². The van der Waals surface area contributed by atoms with Gasteiger partial charge in [0, 0.05) is 18.8 Å². The molecular weight excluding hydrogens is 250 g/mol. The van der Waals surface area contributed by atoms with Crippen molar-refractivity contribution in [1.82, 2.24) is 19.4 Å². The molecule has 5 heteroatoms. The molecule has 1 unspecified atom stereocenters. The van der Waals surface area contributed by atoms with E-state index in [1.807, 2.05) is 23.8 Å². The lowest BCUT2D eigenvalue weighted by Gasteiger charge is -2.32. The molecule has 2 aromatic heterocycles. The summed E-state index contributed by atoms with van der Waals surface area (Å²) in [6.07, 6.45) is 5.86. The van der Waals surface area contributed by atoms with E-state index in [0.717, 1.165) is 23.3 Å². The van der Waals surface area contributed by atoms with Crippen LogP contribution in [0.1, 0.15) is 31.7 Å². The number of piperidine rings is 1. The number of hydrogen-bond acceptors (Lipinski definition) is 4. The Morgan fingerprint density at radius 2 is 2.05 bits per heavy atom. The van der Waals surface area contributed by atoms with E-state index in [2.05, 4.69) is 21.8 Å². The van der Waals surface area contributed by atoms with Crippen LogP contribution in [0.15, 0.2) is 12.3 Å². The minimum Gasteiger partial charge on any atom is -0.369 e. The van der Waals surface area contributed by atoms with Gasteiger partial charge in [-0.3, -0.25) is 9.47 Å². The van der Waals surface area contributed by atoms with Crippen LogP contribution in [0.25, 0.3) is 11.2 Å². The molecule has 1 atom stereocenters. The predicted octanol–water partition coefficient (Wildman–Crippen LogP) is 2.20. The van der Waals surface area contributed by atoms with Crippen LogP contribution in [0.5, 0.6) is 0 Å². The zero-order valence-corrected chi connectivity index (χ0v) is 12.3. The Kier molecular flexibility index (Phi) is 3.61. The van der Waals surface area contributed by atoms with Crippen molar-refractivity contribution in [2.45, 2.75) is 45.7 Å². The third-order valence-electron chi connectivity index (χ3n) is 4.21. The van der Waals surface area contributed by atoms with Crippen molar-refractivity contribution in [2.75, 3.05) is 18.8 Å². The van der Waals surface area contributed by atoms with E-state index in [-0.39, 0.29) is 0 Å². The molecule has 5 nitrogen and oxygen atoms in total. The van der Waals surface area contributed by atoms with Gasteiger partial charge in [-0.1, -0.05) is 6.42 Å². The van der Waals surface area contributed by atoms with Crippen LogP contribution in [0.2, 0.25) is 0 Å². The number of anilines is 1. The summed E-state index contributed by atoms with van der Waals surface area (Å²) in [5.74, 6) is 0.571. The number of aromatic nitrogens is 3. The smallest absolute Gasteiger partial charge is 0.202 e. The molecule has 1 saturated heterocycles. The second-order valence-corrected chi connectivity index (χ2v) is 5.88. The number of imidazole rings is 1. The summed E-state index contributed by atoms with van der Waals surface area (Å²) < 4.78 is 2.05. The molecule has 0 radical (unpaired) electrons. The largest absolute Gasteiger partial charge is 0.369 e. The van der Waals surface area contributed by atoms with Crippen molar-refractivity contribution in [3.05, 3.63) is 17.8 Å². The average molecular weight is 273 g/mol. The molecule has 0 bridgehead atoms. The van der Waals surface area contributed by atoms with Gasteiger partial charge >= 0.3 is 0 Å². The summed E-state index contributed by atoms with van der Waals surface area (Å²) in [7, 11) is 0. The van der Waals surface area contributed by atoms with Gasteiger partial charge in [-0.15, -0.1) is 0 Å². The molecule has 20 heavy (non-hydrogen) atoms. The maximum atomic E-state index is 6.07. The minimum atomic E-state index is 0.470. The summed E-state index contributed by atoms with van der Waals surface area (Å²) in [5, 5.41) is 0. The highest BCUT2D eigenvalue weighted by atomic mass is 15.2. The van der Waals surface area contributed by atoms with Crippen molar-refractivity contribution in [2.24, 2.45) is 0 Å². The fourth-order valence-electron chi connectivity index (χ4n) is 3.05. The second kappa shape index (κ2) is 5.40. The number of nitrogens with zero attached hydrogens (tertiary/aromatic N) is 4. The van der Waals surface area contributed by atoms with Crippen molar-refractivity contribution < 1.29 is 0 Å². The first kappa shape index (κ1) is 13.4. The van der Waals surface area contributed by atoms with E-state index in [4.69, 9.17) is 5.73 Å². The Labute approximate surface area is 119 Å². The monoisotopic (exact) mass is 273 g/mol. The normalized spacial score (nSPS) is 18.5. The SMILES string of the molecule is Cc1cnc2c(c1)nc(N)n2CC(C)N1CCCCC1. The molecular formula is C15H23N5. The molecule has 0 spiro atoms. The maximum Gasteiger partial charge on any atom is 0.202 e. The fourth-order valence-corrected chi connectivity index (χ4v) is 3.05. The van der Waals surface area contributed by atoms with Gasteiger partial charge in [0.15, 0.2) is 5.65 Å². The van der Waals surface area contributed by atoms with E-state index in [9.17, 15) is 0 Å². The highest BCUT2D eigenvalue weighted by molar-refractivity contribution is 5.74. The van der Waals surface area contributed by atoms with Crippen LogP contribution >= 0.6 is 0 Å². The molecule has 2 aromatic rings. The number of pyridine rings is 1. The first-order chi connectivity index (χ1) is 9.65. The topological polar surface area (TPSA) is 60.0 Å². The third kappa shape index (κ3) is 2.50. The molecule has 0 amide bonds. The van der Waals surface area contributed by atoms with Crippen LogP contribution in [0.3, 0.4) is 0 Å². The number of fused-ring (bicyclic) bond motifs is 1. The van der Waals surface area contributed by atoms with Crippen LogP contribution in [0.4, 0.5) is 5.95 Å². The van der Waals surface area contributed by atoms with Gasteiger partial charge in [0.1, 0.15) is 5.52 Å². The quantitative estimate of drug-likeness (QED) is 0.931. The predicted molar refractivity (Wildman–Crippen MR) is 81.6 cm³/mol. The van der Waals surface area contributed by atoms with E-state index in [1.165, 1.54) is 32.4 Å². The Hall–Kier alpha value is -1.62. The Morgan fingerprint density at radius 1 is 1.30 bits per heavy atom. The van der Waals surface area contributed by atoms with Crippen molar-refractivity contribution in [1.29, 1.82) is 0 Å². The molecule has 1 fully saturated rings. The highest BCUT2D eigenvalue weighted by Crippen LogP contribution is 2.19. The zero-order chi connectivity index (χ0) is 14.1. The number of aryl methyl sites for hydroxylation is 1. The summed E-state index contributed by atoms with van der Waals surface area (Å²) in [5.41, 5.74) is 8.99. The zero-order valence-electron chi connectivity index (χ0n) is 12.3. The fraction of sp³-hybridized carbons (Fsp3) is 0.600. The first-order valence-electron chi connectivity index (χ1n) is 7.47. The van der Waals surface area contributed by atoms with E-state index in [1.54, 1.807) is 0 Å². The average Bonchev–Trinajstić information content (AvgIpc) is 2.75. The summed E-state index contributed by atoms with van der Waals surface area (Å²) in [6.45, 7) is 7.54. The van der Waals surface area contributed by atoms with E-state index in [0.29, 0.717) is 12.0 Å². The standard InChI is InChI=1S/C15H23N5/c1-11-8-13-14(17-9-11)20(15(16)18-13)10-12(2)19-6-4-3-5-7-19/h8-9,12H,3-7,10H2,1-2H3,(H2,16,18). The lowest BCUT2D eigenvalue weighted by molar-refractivity contribution is 0.161. The molecule has 1 aliphatic rings. The highest BCUT2D eigenvalue weighted by Gasteiger charge is 2.19. The molecule has 0 saturated carbocycles. The Morgan fingerprint density at radius 3 is 2.80 bits per heavy atom. The van der Waals surface area contributed by atoms with Gasteiger partial charge in [0.25, 0.3) is 0 Å². The molecule has 3 rings (SSSR count). The number of nitrogen functional groups attached to an aromatic ring is 1. The number of nitrogens with two attached hydrogens (primary N) is 1. The molecule has 0 aliphatic carbocycles. The number of likely N-dealkylation sites (tertiary alicyclic amines) is 1. The summed E-state index contributed by atoms with van der Waals surface area (Å²) in [6, 6.07) is 2.51. The maximum absolute atomic E-state index is 6.07. The van der Waals surface area contributed by atoms with Crippen LogP contribution < -0.4 is 5.73 Å². The molecule has 108 valence electrons. The first-order valence-corrected chi connectivity index (χ1v) is 7.47. The van der Waals surface area contributed by atoms with Gasteiger partial charge < -0.3 is 5.73 Å². The van der Waals surface area contributed by atoms with Gasteiger partial charge in [-0.05, 0) is 51.4 Å². The molecule has 3 heterocycles. The van der Waals surface area contributed by atoms with Crippen molar-refractivity contribution in [3.8, 4) is 0 Å². The van der Waals surface area contributed by atoms with Crippen LogP contribution in [-0.2, 0) is 6.54 Å². The Balaban J connectivity index is 1.84. The minimum absolute atomic E-state index is 0.470. The van der Waals surface area contributed by atoms with Crippen molar-refractivity contribution >= 4 is 17.1 Å². The molecule has 0 aromatic carbocycles. The van der Waals surface area contributed by atoms with E-state index >= 15 is 0 Å². The van der Waals surface area contributed by atoms with Crippen LogP contribution in [-0.4, -0.2) is 38.6 Å².